The van der Waals surface area contributed by atoms with Crippen molar-refractivity contribution in [1.82, 2.24) is 5.32 Å². The molecular formula is C58H107NO13. The fourth-order valence-corrected chi connectivity index (χ4v) is 9.56. The number of rotatable bonds is 46. The number of amides is 1. The van der Waals surface area contributed by atoms with Crippen molar-refractivity contribution in [1.29, 1.82) is 0 Å². The molecule has 2 heterocycles. The summed E-state index contributed by atoms with van der Waals surface area (Å²) < 4.78 is 22.7. The molecule has 0 bridgehead atoms. The molecule has 0 saturated carbocycles. The minimum absolute atomic E-state index is 0.255. The van der Waals surface area contributed by atoms with Crippen molar-refractivity contribution in [3.05, 3.63) is 36.5 Å². The molecule has 14 heteroatoms. The van der Waals surface area contributed by atoms with Crippen LogP contribution in [0.3, 0.4) is 0 Å². The molecule has 2 rings (SSSR count). The number of carbonyl (C=O) groups is 1. The fourth-order valence-electron chi connectivity index (χ4n) is 9.56. The van der Waals surface area contributed by atoms with Gasteiger partial charge in [-0.3, -0.25) is 4.79 Å². The highest BCUT2D eigenvalue weighted by Gasteiger charge is 2.51. The Bertz CT molecular complexity index is 1350. The molecule has 1 amide bonds. The van der Waals surface area contributed by atoms with Gasteiger partial charge in [-0.05, 0) is 44.9 Å². The number of hydrogen-bond acceptors (Lipinski definition) is 13. The summed E-state index contributed by atoms with van der Waals surface area (Å²) in [4.78, 5) is 13.1. The van der Waals surface area contributed by atoms with Crippen molar-refractivity contribution in [3.8, 4) is 0 Å². The first-order valence-corrected chi connectivity index (χ1v) is 29.2. The molecule has 0 aromatic heterocycles. The van der Waals surface area contributed by atoms with Crippen molar-refractivity contribution in [2.45, 2.75) is 306 Å². The molecule has 2 saturated heterocycles. The van der Waals surface area contributed by atoms with Gasteiger partial charge in [-0.25, -0.2) is 0 Å². The number of allylic oxidation sites excluding steroid dienone is 5. The first-order valence-electron chi connectivity index (χ1n) is 29.2. The van der Waals surface area contributed by atoms with E-state index in [1.165, 1.54) is 154 Å². The highest BCUT2D eigenvalue weighted by molar-refractivity contribution is 5.76. The molecule has 2 fully saturated rings. The summed E-state index contributed by atoms with van der Waals surface area (Å²) in [7, 11) is 0. The van der Waals surface area contributed by atoms with E-state index < -0.39 is 86.8 Å². The summed E-state index contributed by atoms with van der Waals surface area (Å²) >= 11 is 0. The second-order valence-corrected chi connectivity index (χ2v) is 20.8. The van der Waals surface area contributed by atoms with Crippen LogP contribution in [-0.2, 0) is 23.7 Å². The summed E-state index contributed by atoms with van der Waals surface area (Å²) in [6.07, 6.45) is 36.5. The predicted octanol–water partition coefficient (Wildman–Crippen LogP) is 9.44. The van der Waals surface area contributed by atoms with Crippen LogP contribution in [-0.4, -0.2) is 140 Å². The van der Waals surface area contributed by atoms with Gasteiger partial charge in [0.05, 0.1) is 32.0 Å². The maximum absolute atomic E-state index is 13.1. The zero-order valence-corrected chi connectivity index (χ0v) is 45.2. The van der Waals surface area contributed by atoms with Crippen LogP contribution in [0.15, 0.2) is 36.5 Å². The Morgan fingerprint density at radius 2 is 0.889 bits per heavy atom. The van der Waals surface area contributed by atoms with E-state index in [0.29, 0.717) is 12.8 Å². The summed E-state index contributed by atoms with van der Waals surface area (Å²) in [5.41, 5.74) is 0. The van der Waals surface area contributed by atoms with E-state index in [1.54, 1.807) is 6.08 Å². The summed E-state index contributed by atoms with van der Waals surface area (Å²) in [5, 5.41) is 86.8. The van der Waals surface area contributed by atoms with Crippen molar-refractivity contribution >= 4 is 5.91 Å². The Balaban J connectivity index is 1.73. The quantitative estimate of drug-likeness (QED) is 0.0205. The van der Waals surface area contributed by atoms with E-state index in [-0.39, 0.29) is 18.9 Å². The molecule has 14 nitrogen and oxygen atoms in total. The zero-order chi connectivity index (χ0) is 52.4. The van der Waals surface area contributed by atoms with Gasteiger partial charge in [0.15, 0.2) is 12.6 Å². The predicted molar refractivity (Wildman–Crippen MR) is 286 cm³/mol. The Hall–Kier alpha value is -1.79. The molecule has 0 radical (unpaired) electrons. The number of hydrogen-bond donors (Lipinski definition) is 9. The molecule has 0 aromatic rings. The molecule has 72 heavy (non-hydrogen) atoms. The van der Waals surface area contributed by atoms with Gasteiger partial charge in [0.25, 0.3) is 0 Å². The highest BCUT2D eigenvalue weighted by atomic mass is 16.7. The van der Waals surface area contributed by atoms with E-state index in [2.05, 4.69) is 43.5 Å². The standard InChI is InChI=1S/C58H107NO13/c1-3-5-7-9-11-13-15-16-17-18-19-20-21-22-23-24-25-26-27-28-29-30-31-32-33-35-37-39-41-47(62)46(59-50(63)42-40-38-36-34-14-12-10-8-6-4-2)45-69-57-55(68)53(66)56(49(44-61)71-57)72-58-54(67)52(65)51(64)48(43-60)70-58/h28-29,32-33,39,41,46-49,51-58,60-62,64-68H,3-27,30-31,34-38,40,42-45H2,1-2H3,(H,59,63)/b29-28+,33-32+,41-39+. The smallest absolute Gasteiger partial charge is 0.220 e. The molecule has 9 N–H and O–H groups in total. The Morgan fingerprint density at radius 3 is 1.36 bits per heavy atom. The van der Waals surface area contributed by atoms with Crippen LogP contribution in [0.1, 0.15) is 232 Å². The minimum atomic E-state index is -1.79. The second-order valence-electron chi connectivity index (χ2n) is 20.8. The van der Waals surface area contributed by atoms with Crippen molar-refractivity contribution in [3.63, 3.8) is 0 Å². The molecule has 0 spiro atoms. The summed E-state index contributed by atoms with van der Waals surface area (Å²) in [6, 6.07) is -0.934. The van der Waals surface area contributed by atoms with Gasteiger partial charge >= 0.3 is 0 Å². The van der Waals surface area contributed by atoms with Crippen LogP contribution >= 0.6 is 0 Å². The Labute approximate surface area is 436 Å². The van der Waals surface area contributed by atoms with Gasteiger partial charge in [-0.1, -0.05) is 217 Å². The van der Waals surface area contributed by atoms with Crippen molar-refractivity contribution < 1.29 is 64.6 Å². The van der Waals surface area contributed by atoms with Gasteiger partial charge in [0, 0.05) is 6.42 Å². The van der Waals surface area contributed by atoms with Crippen LogP contribution < -0.4 is 5.32 Å². The van der Waals surface area contributed by atoms with Gasteiger partial charge < -0.3 is 65.1 Å². The molecule has 0 aromatic carbocycles. The summed E-state index contributed by atoms with van der Waals surface area (Å²) in [6.45, 7) is 2.76. The number of aliphatic hydroxyl groups is 8. The largest absolute Gasteiger partial charge is 0.394 e. The van der Waals surface area contributed by atoms with Crippen LogP contribution in [0.25, 0.3) is 0 Å². The highest BCUT2D eigenvalue weighted by Crippen LogP contribution is 2.30. The monoisotopic (exact) mass is 1030 g/mol. The lowest BCUT2D eigenvalue weighted by molar-refractivity contribution is -0.359. The average molecular weight is 1030 g/mol. The number of nitrogens with one attached hydrogen (secondary N) is 1. The molecular weight excluding hydrogens is 919 g/mol. The van der Waals surface area contributed by atoms with E-state index >= 15 is 0 Å². The van der Waals surface area contributed by atoms with Crippen LogP contribution in [0.2, 0.25) is 0 Å². The van der Waals surface area contributed by atoms with E-state index in [1.807, 2.05) is 6.08 Å². The molecule has 0 aliphatic carbocycles. The van der Waals surface area contributed by atoms with Crippen LogP contribution in [0.4, 0.5) is 0 Å². The van der Waals surface area contributed by atoms with Crippen LogP contribution in [0, 0.1) is 0 Å². The molecule has 422 valence electrons. The Morgan fingerprint density at radius 1 is 0.486 bits per heavy atom. The lowest BCUT2D eigenvalue weighted by atomic mass is 9.97. The molecule has 2 aliphatic rings. The normalized spacial score (nSPS) is 25.8. The minimum Gasteiger partial charge on any atom is -0.394 e. The SMILES string of the molecule is CCCCCCCCCCCCCCCCCCCC/C=C/CC/C=C/CC/C=C/C(O)C(COC1OC(CO)C(OC2OC(CO)C(O)C(O)C2O)C(O)C1O)NC(=O)CCCCCCCCCCCC. The average Bonchev–Trinajstić information content (AvgIpc) is 3.38. The van der Waals surface area contributed by atoms with E-state index in [0.717, 1.165) is 44.9 Å². The lowest BCUT2D eigenvalue weighted by Crippen LogP contribution is -2.65. The van der Waals surface area contributed by atoms with Gasteiger partial charge in [0.1, 0.15) is 48.8 Å². The topological polar surface area (TPSA) is 228 Å². The first-order chi connectivity index (χ1) is 35.1. The molecule has 12 atom stereocenters. The summed E-state index contributed by atoms with van der Waals surface area (Å²) in [5.74, 6) is -0.255. The van der Waals surface area contributed by atoms with Crippen LogP contribution in [0.5, 0.6) is 0 Å². The Kier molecular flexibility index (Phi) is 40.9. The third-order valence-corrected chi connectivity index (χ3v) is 14.3. The van der Waals surface area contributed by atoms with Gasteiger partial charge in [-0.2, -0.15) is 0 Å². The maximum atomic E-state index is 13.1. The number of aliphatic hydroxyl groups excluding tert-OH is 8. The third kappa shape index (κ3) is 30.1. The van der Waals surface area contributed by atoms with E-state index in [9.17, 15) is 45.6 Å². The first kappa shape index (κ1) is 66.3. The number of ether oxygens (including phenoxy) is 4. The lowest BCUT2D eigenvalue weighted by Gasteiger charge is -2.46. The molecule has 2 aliphatic heterocycles. The van der Waals surface area contributed by atoms with Gasteiger partial charge in [-0.15, -0.1) is 0 Å². The number of unbranched alkanes of at least 4 members (excludes halogenated alkanes) is 29. The second kappa shape index (κ2) is 44.3. The maximum Gasteiger partial charge on any atom is 0.220 e. The van der Waals surface area contributed by atoms with Gasteiger partial charge in [0.2, 0.25) is 5.91 Å². The fraction of sp³-hybridized carbons (Fsp3) is 0.879. The number of carbonyl (C=O) groups excluding carboxylic acids is 1. The zero-order valence-electron chi connectivity index (χ0n) is 45.2. The van der Waals surface area contributed by atoms with E-state index in [4.69, 9.17) is 18.9 Å². The third-order valence-electron chi connectivity index (χ3n) is 14.3. The molecule has 12 unspecified atom stereocenters. The van der Waals surface area contributed by atoms with Crippen molar-refractivity contribution in [2.75, 3.05) is 19.8 Å². The van der Waals surface area contributed by atoms with Crippen molar-refractivity contribution in [2.24, 2.45) is 0 Å².